The van der Waals surface area contributed by atoms with E-state index in [9.17, 15) is 0 Å². The number of benzene rings is 1. The van der Waals surface area contributed by atoms with Gasteiger partial charge in [-0.2, -0.15) is 0 Å². The van der Waals surface area contributed by atoms with E-state index in [1.54, 1.807) is 0 Å². The van der Waals surface area contributed by atoms with E-state index in [0.717, 1.165) is 25.4 Å². The fraction of sp³-hybridized carbons (Fsp3) is 0.611. The van der Waals surface area contributed by atoms with E-state index in [1.165, 1.54) is 12.8 Å². The van der Waals surface area contributed by atoms with Crippen LogP contribution in [0.5, 0.6) is 0 Å². The molecule has 0 bridgehead atoms. The van der Waals surface area contributed by atoms with Gasteiger partial charge in [-0.05, 0) is 42.1 Å². The SMILES string of the molecule is CCCC(C)(C)COCC(C)CNC(=S)Nc1ccccc1. The smallest absolute Gasteiger partial charge is 0.170 e. The molecule has 124 valence electrons. The first kappa shape index (κ1) is 18.9. The van der Waals surface area contributed by atoms with Crippen LogP contribution in [0, 0.1) is 11.3 Å². The molecule has 1 rings (SSSR count). The number of hydrogen-bond donors (Lipinski definition) is 2. The summed E-state index contributed by atoms with van der Waals surface area (Å²) in [6.45, 7) is 11.3. The first-order chi connectivity index (χ1) is 10.4. The summed E-state index contributed by atoms with van der Waals surface area (Å²) < 4.78 is 5.86. The zero-order chi connectivity index (χ0) is 16.4. The van der Waals surface area contributed by atoms with E-state index in [-0.39, 0.29) is 5.41 Å². The van der Waals surface area contributed by atoms with E-state index in [1.807, 2.05) is 30.3 Å². The van der Waals surface area contributed by atoms with Gasteiger partial charge < -0.3 is 15.4 Å². The number of anilines is 1. The van der Waals surface area contributed by atoms with Crippen molar-refractivity contribution >= 4 is 23.0 Å². The van der Waals surface area contributed by atoms with Crippen molar-refractivity contribution in [2.45, 2.75) is 40.5 Å². The Labute approximate surface area is 140 Å². The molecule has 0 aromatic heterocycles. The molecule has 1 unspecified atom stereocenters. The molecule has 0 amide bonds. The number of rotatable bonds is 9. The van der Waals surface area contributed by atoms with Crippen LogP contribution in [0.1, 0.15) is 40.5 Å². The predicted octanol–water partition coefficient (Wildman–Crippen LogP) is 4.45. The van der Waals surface area contributed by atoms with Crippen molar-refractivity contribution in [3.05, 3.63) is 30.3 Å². The van der Waals surface area contributed by atoms with Crippen molar-refractivity contribution in [3.63, 3.8) is 0 Å². The minimum Gasteiger partial charge on any atom is -0.381 e. The molecule has 4 heteroatoms. The molecule has 2 N–H and O–H groups in total. The van der Waals surface area contributed by atoms with Crippen molar-refractivity contribution in [1.29, 1.82) is 0 Å². The van der Waals surface area contributed by atoms with Crippen molar-refractivity contribution in [1.82, 2.24) is 5.32 Å². The zero-order valence-corrected chi connectivity index (χ0v) is 15.1. The lowest BCUT2D eigenvalue weighted by Gasteiger charge is -2.25. The number of hydrogen-bond acceptors (Lipinski definition) is 2. The van der Waals surface area contributed by atoms with Crippen LogP contribution in [-0.2, 0) is 4.74 Å². The lowest BCUT2D eigenvalue weighted by Crippen LogP contribution is -2.33. The molecular formula is C18H30N2OS. The van der Waals surface area contributed by atoms with Crippen LogP contribution in [0.3, 0.4) is 0 Å². The number of ether oxygens (including phenoxy) is 1. The first-order valence-electron chi connectivity index (χ1n) is 8.10. The average Bonchev–Trinajstić information content (AvgIpc) is 2.46. The van der Waals surface area contributed by atoms with E-state index < -0.39 is 0 Å². The van der Waals surface area contributed by atoms with Crippen molar-refractivity contribution < 1.29 is 4.74 Å². The lowest BCUT2D eigenvalue weighted by atomic mass is 9.89. The molecule has 0 aliphatic heterocycles. The highest BCUT2D eigenvalue weighted by atomic mass is 32.1. The van der Waals surface area contributed by atoms with Crippen LogP contribution in [-0.4, -0.2) is 24.9 Å². The Bertz CT molecular complexity index is 434. The largest absolute Gasteiger partial charge is 0.381 e. The molecule has 0 saturated heterocycles. The normalized spacial score (nSPS) is 12.7. The maximum absolute atomic E-state index is 5.86. The minimum atomic E-state index is 0.270. The van der Waals surface area contributed by atoms with Crippen LogP contribution in [0.15, 0.2) is 30.3 Å². The maximum atomic E-state index is 5.86. The van der Waals surface area contributed by atoms with E-state index >= 15 is 0 Å². The van der Waals surface area contributed by atoms with Crippen molar-refractivity contribution in [2.75, 3.05) is 25.1 Å². The van der Waals surface area contributed by atoms with Gasteiger partial charge in [0.15, 0.2) is 5.11 Å². The first-order valence-corrected chi connectivity index (χ1v) is 8.51. The Morgan fingerprint density at radius 1 is 1.27 bits per heavy atom. The van der Waals surface area contributed by atoms with Gasteiger partial charge in [-0.25, -0.2) is 0 Å². The van der Waals surface area contributed by atoms with Crippen LogP contribution in [0.2, 0.25) is 0 Å². The highest BCUT2D eigenvalue weighted by Gasteiger charge is 2.17. The average molecular weight is 323 g/mol. The Morgan fingerprint density at radius 2 is 1.95 bits per heavy atom. The Balaban J connectivity index is 2.17. The molecule has 0 heterocycles. The molecule has 0 fully saturated rings. The summed E-state index contributed by atoms with van der Waals surface area (Å²) in [4.78, 5) is 0. The zero-order valence-electron chi connectivity index (χ0n) is 14.3. The molecule has 0 saturated carbocycles. The number of thiocarbonyl (C=S) groups is 1. The molecule has 1 aromatic rings. The van der Waals surface area contributed by atoms with Gasteiger partial charge in [0.1, 0.15) is 0 Å². The second-order valence-corrected chi connectivity index (χ2v) is 7.14. The standard InChI is InChI=1S/C18H30N2OS/c1-5-11-18(3,4)14-21-13-15(2)12-19-17(22)20-16-9-7-6-8-10-16/h6-10,15H,5,11-14H2,1-4H3,(H2,19,20,22). The van der Waals surface area contributed by atoms with Gasteiger partial charge in [0, 0.05) is 12.2 Å². The van der Waals surface area contributed by atoms with Crippen LogP contribution < -0.4 is 10.6 Å². The third kappa shape index (κ3) is 8.35. The molecular weight excluding hydrogens is 292 g/mol. The maximum Gasteiger partial charge on any atom is 0.170 e. The van der Waals surface area contributed by atoms with E-state index in [2.05, 4.69) is 38.3 Å². The second kappa shape index (κ2) is 9.80. The Kier molecular flexibility index (Phi) is 8.43. The summed E-state index contributed by atoms with van der Waals surface area (Å²) in [5.41, 5.74) is 1.27. The predicted molar refractivity (Wildman–Crippen MR) is 99.3 cm³/mol. The number of para-hydroxylation sites is 1. The highest BCUT2D eigenvalue weighted by Crippen LogP contribution is 2.22. The van der Waals surface area contributed by atoms with Gasteiger partial charge >= 0.3 is 0 Å². The molecule has 22 heavy (non-hydrogen) atoms. The highest BCUT2D eigenvalue weighted by molar-refractivity contribution is 7.80. The summed E-state index contributed by atoms with van der Waals surface area (Å²) in [6, 6.07) is 9.95. The Hall–Kier alpha value is -1.13. The molecule has 3 nitrogen and oxygen atoms in total. The van der Waals surface area contributed by atoms with Gasteiger partial charge in [-0.15, -0.1) is 0 Å². The van der Waals surface area contributed by atoms with Gasteiger partial charge in [-0.3, -0.25) is 0 Å². The third-order valence-electron chi connectivity index (χ3n) is 3.46. The summed E-state index contributed by atoms with van der Waals surface area (Å²) in [5, 5.41) is 7.07. The quantitative estimate of drug-likeness (QED) is 0.658. The molecule has 1 aromatic carbocycles. The molecule has 0 radical (unpaired) electrons. The summed E-state index contributed by atoms with van der Waals surface area (Å²) in [6.07, 6.45) is 2.40. The van der Waals surface area contributed by atoms with E-state index in [0.29, 0.717) is 11.0 Å². The molecule has 1 atom stereocenters. The van der Waals surface area contributed by atoms with Crippen LogP contribution >= 0.6 is 12.2 Å². The summed E-state index contributed by atoms with van der Waals surface area (Å²) in [7, 11) is 0. The van der Waals surface area contributed by atoms with Crippen LogP contribution in [0.25, 0.3) is 0 Å². The fourth-order valence-corrected chi connectivity index (χ4v) is 2.51. The molecule has 0 spiro atoms. The number of nitrogens with one attached hydrogen (secondary N) is 2. The minimum absolute atomic E-state index is 0.270. The Morgan fingerprint density at radius 3 is 2.59 bits per heavy atom. The molecule has 0 aliphatic rings. The lowest BCUT2D eigenvalue weighted by molar-refractivity contribution is 0.0402. The van der Waals surface area contributed by atoms with Crippen molar-refractivity contribution in [3.8, 4) is 0 Å². The van der Waals surface area contributed by atoms with Gasteiger partial charge in [0.25, 0.3) is 0 Å². The van der Waals surface area contributed by atoms with Crippen LogP contribution in [0.4, 0.5) is 5.69 Å². The van der Waals surface area contributed by atoms with Crippen molar-refractivity contribution in [2.24, 2.45) is 11.3 Å². The third-order valence-corrected chi connectivity index (χ3v) is 3.71. The van der Waals surface area contributed by atoms with E-state index in [4.69, 9.17) is 17.0 Å². The second-order valence-electron chi connectivity index (χ2n) is 6.74. The van der Waals surface area contributed by atoms with Gasteiger partial charge in [0.05, 0.1) is 13.2 Å². The molecule has 0 aliphatic carbocycles. The van der Waals surface area contributed by atoms with Gasteiger partial charge in [-0.1, -0.05) is 52.3 Å². The van der Waals surface area contributed by atoms with Gasteiger partial charge in [0.2, 0.25) is 0 Å². The summed E-state index contributed by atoms with van der Waals surface area (Å²) >= 11 is 5.30. The monoisotopic (exact) mass is 322 g/mol. The fourth-order valence-electron chi connectivity index (χ4n) is 2.31. The summed E-state index contributed by atoms with van der Waals surface area (Å²) in [5.74, 6) is 0.424. The topological polar surface area (TPSA) is 33.3 Å².